The van der Waals surface area contributed by atoms with Crippen LogP contribution in [0.2, 0.25) is 0 Å². The molecule has 6 heteroatoms. The van der Waals surface area contributed by atoms with E-state index in [0.29, 0.717) is 19.3 Å². The van der Waals surface area contributed by atoms with Crippen LogP contribution in [-0.4, -0.2) is 37.2 Å². The molecule has 0 aliphatic rings. The Morgan fingerprint density at radius 1 is 0.256 bits per heavy atom. The van der Waals surface area contributed by atoms with Gasteiger partial charge >= 0.3 is 17.9 Å². The molecule has 1 atom stereocenters. The monoisotopic (exact) mass is 1130 g/mol. The van der Waals surface area contributed by atoms with Gasteiger partial charge in [-0.2, -0.15) is 0 Å². The highest BCUT2D eigenvalue weighted by molar-refractivity contribution is 5.71. The molecule has 0 saturated carbocycles. The number of hydrogen-bond acceptors (Lipinski definition) is 6. The molecule has 0 amide bonds. The van der Waals surface area contributed by atoms with Gasteiger partial charge in [0.1, 0.15) is 13.2 Å². The van der Waals surface area contributed by atoms with E-state index in [1.165, 1.54) is 122 Å². The minimum Gasteiger partial charge on any atom is -0.462 e. The maximum atomic E-state index is 12.9. The summed E-state index contributed by atoms with van der Waals surface area (Å²) in [5, 5.41) is 0. The first-order valence-corrected chi connectivity index (χ1v) is 34.2. The van der Waals surface area contributed by atoms with Crippen molar-refractivity contribution >= 4 is 17.9 Å². The minimum absolute atomic E-state index is 0.0854. The summed E-state index contributed by atoms with van der Waals surface area (Å²) in [6, 6.07) is 0. The summed E-state index contributed by atoms with van der Waals surface area (Å²) < 4.78 is 16.9. The number of esters is 3. The van der Waals surface area contributed by atoms with E-state index in [-0.39, 0.29) is 31.1 Å². The highest BCUT2D eigenvalue weighted by Gasteiger charge is 2.19. The van der Waals surface area contributed by atoms with Crippen LogP contribution in [0.25, 0.3) is 0 Å². The molecule has 0 aromatic carbocycles. The van der Waals surface area contributed by atoms with Crippen LogP contribution in [0.5, 0.6) is 0 Å². The Kier molecular flexibility index (Phi) is 65.3. The first-order chi connectivity index (χ1) is 40.5. The molecule has 0 heterocycles. The summed E-state index contributed by atoms with van der Waals surface area (Å²) in [7, 11) is 0. The Labute approximate surface area is 506 Å². The molecule has 0 aliphatic carbocycles. The molecule has 0 spiro atoms. The average Bonchev–Trinajstić information content (AvgIpc) is 3.48. The smallest absolute Gasteiger partial charge is 0.306 e. The molecular formula is C76H126O6. The third-order valence-corrected chi connectivity index (χ3v) is 14.4. The molecule has 0 aliphatic heterocycles. The van der Waals surface area contributed by atoms with E-state index < -0.39 is 6.10 Å². The first kappa shape index (κ1) is 77.5. The molecule has 6 nitrogen and oxygen atoms in total. The Hall–Kier alpha value is -4.45. The maximum Gasteiger partial charge on any atom is 0.306 e. The van der Waals surface area contributed by atoms with E-state index >= 15 is 0 Å². The van der Waals surface area contributed by atoms with Gasteiger partial charge in [-0.25, -0.2) is 0 Å². The van der Waals surface area contributed by atoms with Gasteiger partial charge in [-0.05, 0) is 128 Å². The molecule has 0 fully saturated rings. The molecule has 0 aromatic rings. The van der Waals surface area contributed by atoms with Crippen LogP contribution in [0.1, 0.15) is 310 Å². The van der Waals surface area contributed by atoms with Gasteiger partial charge in [0.05, 0.1) is 0 Å². The second-order valence-corrected chi connectivity index (χ2v) is 22.3. The fraction of sp³-hybridized carbons (Fsp3) is 0.671. The lowest BCUT2D eigenvalue weighted by molar-refractivity contribution is -0.167. The standard InChI is InChI=1S/C76H126O6/c1-4-7-10-13-16-19-22-24-26-28-30-32-33-34-35-36-37-38-39-40-41-42-43-45-46-48-50-52-54-57-60-63-66-69-75(78)81-72-73(71-80-74(77)68-65-62-59-56-21-18-15-12-9-6-3)82-76(79)70-67-64-61-58-55-53-51-49-47-44-31-29-27-25-23-20-17-14-11-8-5-2/h7-8,10-12,15-17,19-20,24-27,30-32,34-35,37-38,44,73H,4-6,9,13-14,18,21-23,28-29,33,36,39-43,45-72H2,1-3H3/b10-7-,11-8-,15-12-,19-16-,20-17-,26-24-,27-25-,32-30-,35-34-,38-37-,44-31-. The van der Waals surface area contributed by atoms with Crippen molar-refractivity contribution in [1.29, 1.82) is 0 Å². The van der Waals surface area contributed by atoms with Gasteiger partial charge < -0.3 is 14.2 Å². The number of allylic oxidation sites excluding steroid dienone is 22. The number of carbonyl (C=O) groups excluding carboxylic acids is 3. The zero-order chi connectivity index (χ0) is 59.2. The normalized spacial score (nSPS) is 13.0. The summed E-state index contributed by atoms with van der Waals surface area (Å²) >= 11 is 0. The SMILES string of the molecule is CC/C=C\C/C=C\C/C=C\C/C=C\C/C=C\C/C=C\CCCCCCCCCCCCCCCCC(=O)OCC(COC(=O)CCCCCCC/C=C\CCC)OC(=O)CCCCCCCCCC/C=C\C/C=C\C/C=C\C/C=C\CC. The van der Waals surface area contributed by atoms with E-state index in [2.05, 4.69) is 154 Å². The van der Waals surface area contributed by atoms with Gasteiger partial charge in [0.15, 0.2) is 6.10 Å². The van der Waals surface area contributed by atoms with Gasteiger partial charge in [0.2, 0.25) is 0 Å². The number of rotatable bonds is 61. The largest absolute Gasteiger partial charge is 0.462 e. The van der Waals surface area contributed by atoms with Crippen LogP contribution in [-0.2, 0) is 28.6 Å². The number of carbonyl (C=O) groups is 3. The van der Waals surface area contributed by atoms with Gasteiger partial charge in [-0.15, -0.1) is 0 Å². The van der Waals surface area contributed by atoms with E-state index in [0.717, 1.165) is 148 Å². The molecule has 466 valence electrons. The molecule has 0 radical (unpaired) electrons. The van der Waals surface area contributed by atoms with Crippen molar-refractivity contribution in [3.63, 3.8) is 0 Å². The topological polar surface area (TPSA) is 78.9 Å². The molecule has 0 bridgehead atoms. The molecular weight excluding hydrogens is 1010 g/mol. The fourth-order valence-corrected chi connectivity index (χ4v) is 9.32. The summed E-state index contributed by atoms with van der Waals surface area (Å²) in [6.07, 6.45) is 97.7. The van der Waals surface area contributed by atoms with Crippen molar-refractivity contribution in [3.8, 4) is 0 Å². The van der Waals surface area contributed by atoms with E-state index in [4.69, 9.17) is 14.2 Å². The third kappa shape index (κ3) is 66.4. The highest BCUT2D eigenvalue weighted by Crippen LogP contribution is 2.16. The Morgan fingerprint density at radius 3 is 0.756 bits per heavy atom. The van der Waals surface area contributed by atoms with Crippen molar-refractivity contribution in [2.45, 2.75) is 316 Å². The second kappa shape index (κ2) is 69.0. The van der Waals surface area contributed by atoms with Crippen molar-refractivity contribution in [1.82, 2.24) is 0 Å². The number of hydrogen-bond donors (Lipinski definition) is 0. The van der Waals surface area contributed by atoms with Crippen LogP contribution in [0.4, 0.5) is 0 Å². The van der Waals surface area contributed by atoms with Gasteiger partial charge in [-0.1, -0.05) is 296 Å². The molecule has 0 N–H and O–H groups in total. The van der Waals surface area contributed by atoms with Crippen LogP contribution < -0.4 is 0 Å². The Bertz CT molecular complexity index is 1730. The molecule has 0 aromatic heterocycles. The molecule has 1 unspecified atom stereocenters. The van der Waals surface area contributed by atoms with Crippen molar-refractivity contribution in [2.24, 2.45) is 0 Å². The maximum absolute atomic E-state index is 12.9. The van der Waals surface area contributed by atoms with Crippen molar-refractivity contribution in [3.05, 3.63) is 134 Å². The number of ether oxygens (including phenoxy) is 3. The van der Waals surface area contributed by atoms with Crippen LogP contribution in [0.15, 0.2) is 134 Å². The average molecular weight is 1140 g/mol. The van der Waals surface area contributed by atoms with Crippen LogP contribution >= 0.6 is 0 Å². The summed E-state index contributed by atoms with van der Waals surface area (Å²) in [5.74, 6) is -0.899. The Morgan fingerprint density at radius 2 is 0.476 bits per heavy atom. The lowest BCUT2D eigenvalue weighted by Gasteiger charge is -2.18. The van der Waals surface area contributed by atoms with Gasteiger partial charge in [0.25, 0.3) is 0 Å². The van der Waals surface area contributed by atoms with Crippen LogP contribution in [0, 0.1) is 0 Å². The van der Waals surface area contributed by atoms with E-state index in [9.17, 15) is 14.4 Å². The fourth-order valence-electron chi connectivity index (χ4n) is 9.32. The summed E-state index contributed by atoms with van der Waals surface area (Å²) in [4.78, 5) is 38.3. The molecule has 0 rings (SSSR count). The Balaban J connectivity index is 4.19. The summed E-state index contributed by atoms with van der Waals surface area (Å²) in [5.41, 5.74) is 0. The minimum atomic E-state index is -0.789. The van der Waals surface area contributed by atoms with E-state index in [1.807, 2.05) is 0 Å². The zero-order valence-corrected chi connectivity index (χ0v) is 53.5. The molecule has 82 heavy (non-hydrogen) atoms. The van der Waals surface area contributed by atoms with Crippen molar-refractivity contribution < 1.29 is 28.6 Å². The first-order valence-electron chi connectivity index (χ1n) is 34.2. The van der Waals surface area contributed by atoms with Crippen LogP contribution in [0.3, 0.4) is 0 Å². The number of unbranched alkanes of at least 4 members (excludes halogenated alkanes) is 28. The predicted molar refractivity (Wildman–Crippen MR) is 357 cm³/mol. The highest BCUT2D eigenvalue weighted by atomic mass is 16.6. The quantitative estimate of drug-likeness (QED) is 0.0261. The third-order valence-electron chi connectivity index (χ3n) is 14.4. The van der Waals surface area contributed by atoms with E-state index in [1.54, 1.807) is 0 Å². The lowest BCUT2D eigenvalue weighted by atomic mass is 10.0. The molecule has 0 saturated heterocycles. The van der Waals surface area contributed by atoms with Crippen molar-refractivity contribution in [2.75, 3.05) is 13.2 Å². The zero-order valence-electron chi connectivity index (χ0n) is 53.5. The summed E-state index contributed by atoms with van der Waals surface area (Å²) in [6.45, 7) is 6.35. The van der Waals surface area contributed by atoms with Gasteiger partial charge in [-0.3, -0.25) is 14.4 Å². The lowest BCUT2D eigenvalue weighted by Crippen LogP contribution is -2.30. The predicted octanol–water partition coefficient (Wildman–Crippen LogP) is 23.7. The second-order valence-electron chi connectivity index (χ2n) is 22.3. The van der Waals surface area contributed by atoms with Gasteiger partial charge in [0, 0.05) is 19.3 Å².